The topological polar surface area (TPSA) is 102 Å². The monoisotopic (exact) mass is 472 g/mol. The third-order valence-corrected chi connectivity index (χ3v) is 8.22. The fourth-order valence-electron chi connectivity index (χ4n) is 3.07. The Morgan fingerprint density at radius 1 is 1.27 bits per heavy atom. The van der Waals surface area contributed by atoms with Gasteiger partial charge in [0.1, 0.15) is 9.96 Å². The lowest BCUT2D eigenvalue weighted by molar-refractivity contribution is -0.152. The molecular formula is C19H21ClN2O6S2. The molecule has 1 fully saturated rings. The summed E-state index contributed by atoms with van der Waals surface area (Å²) in [4.78, 5) is 24.3. The van der Waals surface area contributed by atoms with Crippen molar-refractivity contribution in [1.82, 2.24) is 4.31 Å². The quantitative estimate of drug-likeness (QED) is 0.621. The van der Waals surface area contributed by atoms with Crippen LogP contribution < -0.4 is 10.1 Å². The maximum atomic E-state index is 12.5. The van der Waals surface area contributed by atoms with E-state index in [4.69, 9.17) is 21.1 Å². The molecule has 2 aromatic rings. The molecule has 2 heterocycles. The van der Waals surface area contributed by atoms with Gasteiger partial charge in [-0.2, -0.15) is 4.31 Å². The zero-order valence-corrected chi connectivity index (χ0v) is 18.6. The third-order valence-electron chi connectivity index (χ3n) is 4.66. The number of anilines is 1. The van der Waals surface area contributed by atoms with Gasteiger partial charge in [-0.05, 0) is 42.5 Å². The first kappa shape index (κ1) is 22.5. The molecule has 1 aliphatic heterocycles. The Morgan fingerprint density at radius 2 is 2.00 bits per heavy atom. The SMILES string of the molecule is COc1ccc(NC(=O)COC(=O)C2CCN(S(=O)(=O)c3cccs3)CC2)cc1Cl. The molecule has 0 atom stereocenters. The predicted octanol–water partition coefficient (Wildman–Crippen LogP) is 2.99. The van der Waals surface area contributed by atoms with Gasteiger partial charge in [-0.25, -0.2) is 8.42 Å². The average Bonchev–Trinajstić information content (AvgIpc) is 3.28. The summed E-state index contributed by atoms with van der Waals surface area (Å²) in [7, 11) is -2.03. The Morgan fingerprint density at radius 3 is 2.60 bits per heavy atom. The van der Waals surface area contributed by atoms with Crippen LogP contribution in [0.2, 0.25) is 5.02 Å². The summed E-state index contributed by atoms with van der Waals surface area (Å²) in [6, 6.07) is 8.02. The highest BCUT2D eigenvalue weighted by molar-refractivity contribution is 7.91. The number of hydrogen-bond acceptors (Lipinski definition) is 7. The summed E-state index contributed by atoms with van der Waals surface area (Å²) in [6.45, 7) is 0.0310. The molecule has 1 aromatic carbocycles. The van der Waals surface area contributed by atoms with Gasteiger partial charge in [0.05, 0.1) is 18.1 Å². The van der Waals surface area contributed by atoms with Crippen LogP contribution in [0.3, 0.4) is 0 Å². The Balaban J connectivity index is 1.46. The second kappa shape index (κ2) is 9.78. The van der Waals surface area contributed by atoms with Crippen LogP contribution in [0.4, 0.5) is 5.69 Å². The minimum absolute atomic E-state index is 0.233. The van der Waals surface area contributed by atoms with Crippen molar-refractivity contribution in [3.63, 3.8) is 0 Å². The summed E-state index contributed by atoms with van der Waals surface area (Å²) in [5, 5.41) is 4.65. The molecule has 1 aromatic heterocycles. The number of carbonyl (C=O) groups is 2. The molecule has 0 spiro atoms. The molecule has 0 bridgehead atoms. The Hall–Kier alpha value is -2.14. The molecule has 8 nitrogen and oxygen atoms in total. The lowest BCUT2D eigenvalue weighted by Crippen LogP contribution is -2.40. The van der Waals surface area contributed by atoms with E-state index in [0.29, 0.717) is 33.5 Å². The van der Waals surface area contributed by atoms with Crippen LogP contribution in [0.5, 0.6) is 5.75 Å². The number of halogens is 1. The van der Waals surface area contributed by atoms with Gasteiger partial charge in [0, 0.05) is 18.8 Å². The summed E-state index contributed by atoms with van der Waals surface area (Å²) < 4.78 is 36.9. The molecule has 3 rings (SSSR count). The standard InChI is InChI=1S/C19H21ClN2O6S2/c1-27-16-5-4-14(11-15(16)20)21-17(23)12-28-19(24)13-6-8-22(9-7-13)30(25,26)18-3-2-10-29-18/h2-5,10-11,13H,6-9,12H2,1H3,(H,21,23). The van der Waals surface area contributed by atoms with Crippen molar-refractivity contribution in [1.29, 1.82) is 0 Å². The van der Waals surface area contributed by atoms with Gasteiger partial charge in [0.15, 0.2) is 6.61 Å². The molecule has 162 valence electrons. The number of nitrogens with one attached hydrogen (secondary N) is 1. The second-order valence-corrected chi connectivity index (χ2v) is 10.1. The van der Waals surface area contributed by atoms with Crippen LogP contribution in [0.1, 0.15) is 12.8 Å². The van der Waals surface area contributed by atoms with Crippen LogP contribution in [0.25, 0.3) is 0 Å². The molecule has 0 unspecified atom stereocenters. The van der Waals surface area contributed by atoms with Crippen LogP contribution in [0.15, 0.2) is 39.9 Å². The molecule has 1 amide bonds. The zero-order chi connectivity index (χ0) is 21.7. The molecule has 30 heavy (non-hydrogen) atoms. The van der Waals surface area contributed by atoms with Crippen molar-refractivity contribution in [3.8, 4) is 5.75 Å². The second-order valence-electron chi connectivity index (χ2n) is 6.62. The van der Waals surface area contributed by atoms with Crippen molar-refractivity contribution >= 4 is 50.5 Å². The van der Waals surface area contributed by atoms with Crippen molar-refractivity contribution in [2.24, 2.45) is 5.92 Å². The Kier molecular flexibility index (Phi) is 7.35. The number of sulfonamides is 1. The van der Waals surface area contributed by atoms with Crippen molar-refractivity contribution < 1.29 is 27.5 Å². The number of methoxy groups -OCH3 is 1. The van der Waals surface area contributed by atoms with Gasteiger partial charge in [-0.1, -0.05) is 17.7 Å². The first-order valence-corrected chi connectivity index (χ1v) is 11.8. The highest BCUT2D eigenvalue weighted by Crippen LogP contribution is 2.28. The highest BCUT2D eigenvalue weighted by Gasteiger charge is 2.33. The molecule has 1 aliphatic rings. The van der Waals surface area contributed by atoms with Crippen LogP contribution in [0, 0.1) is 5.92 Å². The van der Waals surface area contributed by atoms with Gasteiger partial charge in [-0.3, -0.25) is 9.59 Å². The van der Waals surface area contributed by atoms with Gasteiger partial charge in [0.2, 0.25) is 0 Å². The number of rotatable bonds is 7. The fraction of sp³-hybridized carbons (Fsp3) is 0.368. The van der Waals surface area contributed by atoms with E-state index in [9.17, 15) is 18.0 Å². The zero-order valence-electron chi connectivity index (χ0n) is 16.2. The lowest BCUT2D eigenvalue weighted by atomic mass is 9.98. The number of hydrogen-bond donors (Lipinski definition) is 1. The summed E-state index contributed by atoms with van der Waals surface area (Å²) >= 11 is 7.18. The smallest absolute Gasteiger partial charge is 0.309 e. The van der Waals surface area contributed by atoms with Gasteiger partial charge < -0.3 is 14.8 Å². The van der Waals surface area contributed by atoms with E-state index in [1.54, 1.807) is 29.6 Å². The fourth-order valence-corrected chi connectivity index (χ4v) is 5.94. The molecule has 11 heteroatoms. The van der Waals surface area contributed by atoms with Gasteiger partial charge in [-0.15, -0.1) is 11.3 Å². The van der Waals surface area contributed by atoms with Crippen LogP contribution >= 0.6 is 22.9 Å². The first-order chi connectivity index (χ1) is 14.3. The van der Waals surface area contributed by atoms with E-state index in [0.717, 1.165) is 11.3 Å². The third kappa shape index (κ3) is 5.31. The van der Waals surface area contributed by atoms with Crippen LogP contribution in [-0.4, -0.2) is 51.4 Å². The van der Waals surface area contributed by atoms with Gasteiger partial charge >= 0.3 is 5.97 Å². The summed E-state index contributed by atoms with van der Waals surface area (Å²) in [6.07, 6.45) is 0.693. The minimum Gasteiger partial charge on any atom is -0.495 e. The first-order valence-electron chi connectivity index (χ1n) is 9.15. The molecule has 0 aliphatic carbocycles. The van der Waals surface area contributed by atoms with Crippen molar-refractivity contribution in [3.05, 3.63) is 40.7 Å². The highest BCUT2D eigenvalue weighted by atomic mass is 35.5. The maximum absolute atomic E-state index is 12.5. The van der Waals surface area contributed by atoms with E-state index in [-0.39, 0.29) is 13.1 Å². The number of ether oxygens (including phenoxy) is 2. The number of esters is 1. The molecular weight excluding hydrogens is 452 g/mol. The molecule has 1 N–H and O–H groups in total. The van der Waals surface area contributed by atoms with E-state index in [1.807, 2.05) is 0 Å². The van der Waals surface area contributed by atoms with Crippen LogP contribution in [-0.2, 0) is 24.3 Å². The van der Waals surface area contributed by atoms with Crippen molar-refractivity contribution in [2.45, 2.75) is 17.1 Å². The average molecular weight is 473 g/mol. The Labute approximate surface area is 183 Å². The Bertz CT molecular complexity index is 1000. The lowest BCUT2D eigenvalue weighted by Gasteiger charge is -2.29. The minimum atomic E-state index is -3.52. The number of piperidine rings is 1. The number of carbonyl (C=O) groups excluding carboxylic acids is 2. The number of benzene rings is 1. The number of nitrogens with zero attached hydrogens (tertiary/aromatic N) is 1. The summed E-state index contributed by atoms with van der Waals surface area (Å²) in [5.74, 6) is -0.968. The maximum Gasteiger partial charge on any atom is 0.309 e. The molecule has 0 radical (unpaired) electrons. The van der Waals surface area contributed by atoms with Gasteiger partial charge in [0.25, 0.3) is 15.9 Å². The normalized spacial score (nSPS) is 15.5. The van der Waals surface area contributed by atoms with E-state index >= 15 is 0 Å². The molecule has 0 saturated carbocycles. The van der Waals surface area contributed by atoms with Crippen molar-refractivity contribution in [2.75, 3.05) is 32.1 Å². The largest absolute Gasteiger partial charge is 0.495 e. The number of amides is 1. The van der Waals surface area contributed by atoms with E-state index < -0.39 is 34.4 Å². The molecule has 1 saturated heterocycles. The van der Waals surface area contributed by atoms with E-state index in [2.05, 4.69) is 5.32 Å². The summed E-state index contributed by atoms with van der Waals surface area (Å²) in [5.41, 5.74) is 0.453. The van der Waals surface area contributed by atoms with E-state index in [1.165, 1.54) is 17.5 Å². The predicted molar refractivity (Wildman–Crippen MR) is 113 cm³/mol. The number of thiophene rings is 1.